The lowest BCUT2D eigenvalue weighted by molar-refractivity contribution is -0.906. The highest BCUT2D eigenvalue weighted by Gasteiger charge is 2.21. The Bertz CT molecular complexity index is 553. The maximum absolute atomic E-state index is 12.2. The summed E-state index contributed by atoms with van der Waals surface area (Å²) in [6, 6.07) is 7.28. The number of nitrogens with one attached hydrogen (secondary N) is 2. The number of hydrogen-bond donors (Lipinski definition) is 2. The Kier molecular flexibility index (Phi) is 5.25. The summed E-state index contributed by atoms with van der Waals surface area (Å²) in [6.45, 7) is 5.99. The van der Waals surface area contributed by atoms with E-state index in [0.717, 1.165) is 51.5 Å². The summed E-state index contributed by atoms with van der Waals surface area (Å²) >= 11 is 0. The summed E-state index contributed by atoms with van der Waals surface area (Å²) in [6.07, 6.45) is 1.52. The molecule has 124 valence electrons. The van der Waals surface area contributed by atoms with Crippen molar-refractivity contribution < 1.29 is 19.2 Å². The summed E-state index contributed by atoms with van der Waals surface area (Å²) in [4.78, 5) is 27.1. The van der Waals surface area contributed by atoms with Crippen LogP contribution in [0, 0.1) is 0 Å². The molecule has 0 atom stereocenters. The van der Waals surface area contributed by atoms with Crippen molar-refractivity contribution in [3.63, 3.8) is 0 Å². The highest BCUT2D eigenvalue weighted by Crippen LogP contribution is 2.21. The maximum Gasteiger partial charge on any atom is 0.251 e. The maximum atomic E-state index is 12.2. The minimum absolute atomic E-state index is 0.0584. The van der Waals surface area contributed by atoms with E-state index in [1.165, 1.54) is 4.90 Å². The van der Waals surface area contributed by atoms with E-state index in [4.69, 9.17) is 4.74 Å². The van der Waals surface area contributed by atoms with Crippen molar-refractivity contribution in [2.45, 2.75) is 12.8 Å². The molecule has 0 spiro atoms. The predicted molar refractivity (Wildman–Crippen MR) is 86.7 cm³/mol. The normalized spacial score (nSPS) is 19.1. The lowest BCUT2D eigenvalue weighted by Gasteiger charge is -2.23. The molecule has 0 radical (unpaired) electrons. The van der Waals surface area contributed by atoms with E-state index in [1.54, 1.807) is 17.0 Å². The second-order valence-electron chi connectivity index (χ2n) is 6.06. The summed E-state index contributed by atoms with van der Waals surface area (Å²) in [5, 5.41) is 2.96. The third kappa shape index (κ3) is 4.09. The Balaban J connectivity index is 1.48. The quantitative estimate of drug-likeness (QED) is 0.766. The van der Waals surface area contributed by atoms with E-state index < -0.39 is 0 Å². The number of ether oxygens (including phenoxy) is 1. The van der Waals surface area contributed by atoms with Gasteiger partial charge in [0, 0.05) is 24.2 Å². The number of anilines is 1. The van der Waals surface area contributed by atoms with Crippen LogP contribution in [0.3, 0.4) is 0 Å². The highest BCUT2D eigenvalue weighted by atomic mass is 16.5. The van der Waals surface area contributed by atoms with Gasteiger partial charge in [0.15, 0.2) is 0 Å². The van der Waals surface area contributed by atoms with Gasteiger partial charge in [-0.3, -0.25) is 9.59 Å². The molecule has 2 heterocycles. The van der Waals surface area contributed by atoms with Crippen molar-refractivity contribution in [3.8, 4) is 0 Å². The standard InChI is InChI=1S/C17H23N3O3/c21-16-2-1-8-20(16)15-5-3-14(4-6-15)17(22)18-7-9-19-10-12-23-13-11-19/h3-6H,1-2,7-13H2,(H,18,22)/p+1. The molecule has 0 aromatic heterocycles. The Labute approximate surface area is 136 Å². The molecule has 23 heavy (non-hydrogen) atoms. The molecule has 1 aromatic rings. The first-order valence-electron chi connectivity index (χ1n) is 8.34. The lowest BCUT2D eigenvalue weighted by Crippen LogP contribution is -3.14. The molecular formula is C17H24N3O3+. The van der Waals surface area contributed by atoms with E-state index in [1.807, 2.05) is 12.1 Å². The van der Waals surface area contributed by atoms with Crippen LogP contribution in [0.4, 0.5) is 5.69 Å². The molecule has 0 bridgehead atoms. The Morgan fingerprint density at radius 3 is 2.61 bits per heavy atom. The number of nitrogens with zero attached hydrogens (tertiary/aromatic N) is 1. The van der Waals surface area contributed by atoms with Crippen molar-refractivity contribution in [2.24, 2.45) is 0 Å². The number of rotatable bonds is 5. The Morgan fingerprint density at radius 2 is 1.96 bits per heavy atom. The van der Waals surface area contributed by atoms with Gasteiger partial charge in [0.25, 0.3) is 5.91 Å². The first-order chi connectivity index (χ1) is 11.2. The Morgan fingerprint density at radius 1 is 1.22 bits per heavy atom. The molecule has 2 N–H and O–H groups in total. The van der Waals surface area contributed by atoms with Gasteiger partial charge in [-0.2, -0.15) is 0 Å². The third-order valence-electron chi connectivity index (χ3n) is 4.48. The average Bonchev–Trinajstić information content (AvgIpc) is 3.02. The molecule has 0 saturated carbocycles. The van der Waals surface area contributed by atoms with Gasteiger partial charge < -0.3 is 19.9 Å². The molecule has 2 fully saturated rings. The summed E-state index contributed by atoms with van der Waals surface area (Å²) < 4.78 is 5.32. The van der Waals surface area contributed by atoms with Crippen LogP contribution >= 0.6 is 0 Å². The fourth-order valence-electron chi connectivity index (χ4n) is 3.08. The van der Waals surface area contributed by atoms with Gasteiger partial charge in [0.1, 0.15) is 13.1 Å². The van der Waals surface area contributed by atoms with Gasteiger partial charge in [-0.25, -0.2) is 0 Å². The van der Waals surface area contributed by atoms with Gasteiger partial charge in [0.2, 0.25) is 5.91 Å². The van der Waals surface area contributed by atoms with Crippen molar-refractivity contribution in [2.75, 3.05) is 50.8 Å². The number of morpholine rings is 1. The van der Waals surface area contributed by atoms with Gasteiger partial charge in [0.05, 0.1) is 26.3 Å². The van der Waals surface area contributed by atoms with Gasteiger partial charge in [-0.05, 0) is 30.7 Å². The second-order valence-corrected chi connectivity index (χ2v) is 6.06. The smallest absolute Gasteiger partial charge is 0.251 e. The number of quaternary nitrogens is 1. The number of carbonyl (C=O) groups excluding carboxylic acids is 2. The van der Waals surface area contributed by atoms with Crippen LogP contribution in [0.1, 0.15) is 23.2 Å². The lowest BCUT2D eigenvalue weighted by atomic mass is 10.2. The van der Waals surface area contributed by atoms with Crippen LogP contribution in [0.5, 0.6) is 0 Å². The van der Waals surface area contributed by atoms with Crippen LogP contribution in [-0.4, -0.2) is 57.8 Å². The van der Waals surface area contributed by atoms with Crippen molar-refractivity contribution in [1.82, 2.24) is 5.32 Å². The van der Waals surface area contributed by atoms with Crippen LogP contribution in [0.2, 0.25) is 0 Å². The number of carbonyl (C=O) groups is 2. The van der Waals surface area contributed by atoms with E-state index in [-0.39, 0.29) is 11.8 Å². The molecule has 2 amide bonds. The fraction of sp³-hybridized carbons (Fsp3) is 0.529. The number of amides is 2. The molecule has 6 nitrogen and oxygen atoms in total. The molecule has 6 heteroatoms. The van der Waals surface area contributed by atoms with Crippen molar-refractivity contribution in [1.29, 1.82) is 0 Å². The van der Waals surface area contributed by atoms with Crippen molar-refractivity contribution >= 4 is 17.5 Å². The summed E-state index contributed by atoms with van der Waals surface area (Å²) in [5.41, 5.74) is 1.51. The summed E-state index contributed by atoms with van der Waals surface area (Å²) in [5.74, 6) is 0.104. The van der Waals surface area contributed by atoms with E-state index in [2.05, 4.69) is 5.32 Å². The zero-order valence-corrected chi connectivity index (χ0v) is 13.3. The minimum Gasteiger partial charge on any atom is -0.370 e. The molecule has 2 saturated heterocycles. The highest BCUT2D eigenvalue weighted by molar-refractivity contribution is 5.97. The zero-order valence-electron chi connectivity index (χ0n) is 13.3. The van der Waals surface area contributed by atoms with E-state index in [9.17, 15) is 9.59 Å². The van der Waals surface area contributed by atoms with Crippen molar-refractivity contribution in [3.05, 3.63) is 29.8 Å². The van der Waals surface area contributed by atoms with Gasteiger partial charge in [-0.15, -0.1) is 0 Å². The van der Waals surface area contributed by atoms with Crippen LogP contribution in [0.15, 0.2) is 24.3 Å². The molecule has 2 aliphatic heterocycles. The fourth-order valence-corrected chi connectivity index (χ4v) is 3.08. The first kappa shape index (κ1) is 16.0. The topological polar surface area (TPSA) is 63.1 Å². The van der Waals surface area contributed by atoms with Gasteiger partial charge in [-0.1, -0.05) is 0 Å². The Hall–Kier alpha value is -1.92. The van der Waals surface area contributed by atoms with E-state index >= 15 is 0 Å². The molecular weight excluding hydrogens is 294 g/mol. The monoisotopic (exact) mass is 318 g/mol. The van der Waals surface area contributed by atoms with E-state index in [0.29, 0.717) is 18.5 Å². The molecule has 0 unspecified atom stereocenters. The average molecular weight is 318 g/mol. The third-order valence-corrected chi connectivity index (χ3v) is 4.48. The van der Waals surface area contributed by atoms with Gasteiger partial charge >= 0.3 is 0 Å². The summed E-state index contributed by atoms with van der Waals surface area (Å²) in [7, 11) is 0. The number of benzene rings is 1. The molecule has 1 aromatic carbocycles. The van der Waals surface area contributed by atoms with Crippen LogP contribution < -0.4 is 15.1 Å². The molecule has 3 rings (SSSR count). The largest absolute Gasteiger partial charge is 0.370 e. The number of hydrogen-bond acceptors (Lipinski definition) is 3. The van der Waals surface area contributed by atoms with Crippen LogP contribution in [-0.2, 0) is 9.53 Å². The molecule has 0 aliphatic carbocycles. The minimum atomic E-state index is -0.0584. The SMILES string of the molecule is O=C(NCC[NH+]1CCOCC1)c1ccc(N2CCCC2=O)cc1. The zero-order chi connectivity index (χ0) is 16.1. The predicted octanol–water partition coefficient (Wildman–Crippen LogP) is -0.542. The first-order valence-corrected chi connectivity index (χ1v) is 8.34. The second kappa shape index (κ2) is 7.57. The van der Waals surface area contributed by atoms with Crippen LogP contribution in [0.25, 0.3) is 0 Å². The molecule has 2 aliphatic rings.